The maximum absolute atomic E-state index is 4.49. The van der Waals surface area contributed by atoms with Crippen molar-refractivity contribution in [1.82, 2.24) is 9.97 Å². The highest BCUT2D eigenvalue weighted by Gasteiger charge is 2.21. The molecule has 1 aliphatic rings. The standard InChI is InChI=1S/C14H24N4/c1-4-6-12-13(15-2)16-10-17-14(12)18(3)9-11-7-5-8-11/h10-11H,4-9H2,1-3H3,(H,15,16,17). The fraction of sp³-hybridized carbons (Fsp3) is 0.714. The molecule has 2 rings (SSSR count). The minimum atomic E-state index is 0.859. The molecule has 0 amide bonds. The summed E-state index contributed by atoms with van der Waals surface area (Å²) in [4.78, 5) is 11.1. The molecule has 0 saturated heterocycles. The third-order valence-corrected chi connectivity index (χ3v) is 3.78. The molecule has 4 nitrogen and oxygen atoms in total. The summed E-state index contributed by atoms with van der Waals surface area (Å²) in [7, 11) is 4.08. The SMILES string of the molecule is CCCc1c(NC)ncnc1N(C)CC1CCC1. The molecule has 1 fully saturated rings. The number of hydrogen-bond acceptors (Lipinski definition) is 4. The lowest BCUT2D eigenvalue weighted by Gasteiger charge is -2.31. The Kier molecular flexibility index (Phi) is 4.39. The van der Waals surface area contributed by atoms with Crippen molar-refractivity contribution in [1.29, 1.82) is 0 Å². The van der Waals surface area contributed by atoms with E-state index >= 15 is 0 Å². The summed E-state index contributed by atoms with van der Waals surface area (Å²) in [6.07, 6.45) is 7.95. The van der Waals surface area contributed by atoms with Gasteiger partial charge in [-0.25, -0.2) is 9.97 Å². The largest absolute Gasteiger partial charge is 0.373 e. The monoisotopic (exact) mass is 248 g/mol. The summed E-state index contributed by atoms with van der Waals surface area (Å²) in [5, 5.41) is 3.18. The Morgan fingerprint density at radius 3 is 2.72 bits per heavy atom. The van der Waals surface area contributed by atoms with E-state index in [-0.39, 0.29) is 0 Å². The minimum Gasteiger partial charge on any atom is -0.373 e. The molecule has 0 atom stereocenters. The van der Waals surface area contributed by atoms with E-state index in [4.69, 9.17) is 0 Å². The highest BCUT2D eigenvalue weighted by atomic mass is 15.2. The molecular formula is C14H24N4. The molecule has 4 heteroatoms. The third-order valence-electron chi connectivity index (χ3n) is 3.78. The zero-order valence-corrected chi connectivity index (χ0v) is 11.7. The van der Waals surface area contributed by atoms with Gasteiger partial charge in [0.25, 0.3) is 0 Å². The molecule has 18 heavy (non-hydrogen) atoms. The second-order valence-corrected chi connectivity index (χ2v) is 5.20. The Morgan fingerprint density at radius 2 is 2.17 bits per heavy atom. The van der Waals surface area contributed by atoms with Crippen LogP contribution in [-0.2, 0) is 6.42 Å². The van der Waals surface area contributed by atoms with Gasteiger partial charge in [0.2, 0.25) is 0 Å². The van der Waals surface area contributed by atoms with E-state index in [1.54, 1.807) is 6.33 Å². The van der Waals surface area contributed by atoms with Crippen LogP contribution < -0.4 is 10.2 Å². The second kappa shape index (κ2) is 6.03. The molecule has 1 N–H and O–H groups in total. The number of aromatic nitrogens is 2. The van der Waals surface area contributed by atoms with Gasteiger partial charge in [-0.3, -0.25) is 0 Å². The number of nitrogens with one attached hydrogen (secondary N) is 1. The van der Waals surface area contributed by atoms with Gasteiger partial charge < -0.3 is 10.2 Å². The number of hydrogen-bond donors (Lipinski definition) is 1. The van der Waals surface area contributed by atoms with Crippen molar-refractivity contribution in [2.24, 2.45) is 5.92 Å². The Bertz CT molecular complexity index is 387. The molecule has 0 radical (unpaired) electrons. The van der Waals surface area contributed by atoms with Crippen LogP contribution in [0.3, 0.4) is 0 Å². The van der Waals surface area contributed by atoms with Crippen LogP contribution >= 0.6 is 0 Å². The topological polar surface area (TPSA) is 41.1 Å². The number of rotatable bonds is 6. The van der Waals surface area contributed by atoms with Crippen molar-refractivity contribution in [2.75, 3.05) is 30.9 Å². The predicted octanol–water partition coefficient (Wildman–Crippen LogP) is 2.71. The molecule has 1 aromatic rings. The Balaban J connectivity index is 2.18. The zero-order valence-electron chi connectivity index (χ0n) is 11.7. The Morgan fingerprint density at radius 1 is 1.39 bits per heavy atom. The van der Waals surface area contributed by atoms with Crippen LogP contribution in [0.2, 0.25) is 0 Å². The summed E-state index contributed by atoms with van der Waals surface area (Å²) >= 11 is 0. The van der Waals surface area contributed by atoms with Gasteiger partial charge in [0.05, 0.1) is 0 Å². The molecule has 1 saturated carbocycles. The Hall–Kier alpha value is -1.32. The summed E-state index contributed by atoms with van der Waals surface area (Å²) in [5.41, 5.74) is 1.25. The van der Waals surface area contributed by atoms with Crippen molar-refractivity contribution >= 4 is 11.6 Å². The zero-order chi connectivity index (χ0) is 13.0. The predicted molar refractivity (Wildman–Crippen MR) is 76.2 cm³/mol. The van der Waals surface area contributed by atoms with Crippen molar-refractivity contribution in [3.63, 3.8) is 0 Å². The lowest BCUT2D eigenvalue weighted by atomic mass is 9.85. The van der Waals surface area contributed by atoms with Crippen molar-refractivity contribution in [3.8, 4) is 0 Å². The molecule has 1 heterocycles. The molecule has 1 aromatic heterocycles. The lowest BCUT2D eigenvalue weighted by molar-refractivity contribution is 0.321. The maximum atomic E-state index is 4.49. The minimum absolute atomic E-state index is 0.859. The van der Waals surface area contributed by atoms with E-state index in [9.17, 15) is 0 Å². The van der Waals surface area contributed by atoms with Gasteiger partial charge in [0, 0.05) is 26.2 Å². The first-order chi connectivity index (χ1) is 8.76. The van der Waals surface area contributed by atoms with Crippen molar-refractivity contribution in [2.45, 2.75) is 39.0 Å². The van der Waals surface area contributed by atoms with Gasteiger partial charge in [0.1, 0.15) is 18.0 Å². The smallest absolute Gasteiger partial charge is 0.137 e. The molecule has 0 spiro atoms. The number of nitrogens with zero attached hydrogens (tertiary/aromatic N) is 3. The highest BCUT2D eigenvalue weighted by molar-refractivity contribution is 5.58. The molecule has 0 aromatic carbocycles. The molecule has 100 valence electrons. The van der Waals surface area contributed by atoms with Crippen LogP contribution in [0.15, 0.2) is 6.33 Å². The Labute approximate surface area is 110 Å². The molecule has 1 aliphatic carbocycles. The molecule has 0 unspecified atom stereocenters. The fourth-order valence-corrected chi connectivity index (χ4v) is 2.58. The van der Waals surface area contributed by atoms with Crippen LogP contribution in [0.4, 0.5) is 11.6 Å². The average molecular weight is 248 g/mol. The van der Waals surface area contributed by atoms with Crippen molar-refractivity contribution < 1.29 is 0 Å². The average Bonchev–Trinajstić information content (AvgIpc) is 2.34. The van der Waals surface area contributed by atoms with E-state index in [0.29, 0.717) is 0 Å². The molecule has 0 aliphatic heterocycles. The van der Waals surface area contributed by atoms with Crippen molar-refractivity contribution in [3.05, 3.63) is 11.9 Å². The van der Waals surface area contributed by atoms with E-state index in [1.807, 2.05) is 7.05 Å². The summed E-state index contributed by atoms with van der Waals surface area (Å²) < 4.78 is 0. The van der Waals surface area contributed by atoms with Crippen LogP contribution in [0, 0.1) is 5.92 Å². The quantitative estimate of drug-likeness (QED) is 0.840. The van der Waals surface area contributed by atoms with E-state index in [0.717, 1.165) is 36.9 Å². The van der Waals surface area contributed by atoms with Gasteiger partial charge in [-0.15, -0.1) is 0 Å². The maximum Gasteiger partial charge on any atom is 0.137 e. The summed E-state index contributed by atoms with van der Waals surface area (Å²) in [5.74, 6) is 2.93. The van der Waals surface area contributed by atoms with E-state index in [2.05, 4.69) is 34.2 Å². The van der Waals surface area contributed by atoms with E-state index in [1.165, 1.54) is 24.8 Å². The first-order valence-electron chi connectivity index (χ1n) is 6.99. The van der Waals surface area contributed by atoms with Gasteiger partial charge in [-0.1, -0.05) is 19.8 Å². The third kappa shape index (κ3) is 2.74. The first kappa shape index (κ1) is 13.1. The van der Waals surface area contributed by atoms with Crippen LogP contribution in [0.5, 0.6) is 0 Å². The summed E-state index contributed by atoms with van der Waals surface area (Å²) in [6.45, 7) is 3.32. The van der Waals surface area contributed by atoms with Gasteiger partial charge in [-0.05, 0) is 25.2 Å². The first-order valence-corrected chi connectivity index (χ1v) is 6.99. The van der Waals surface area contributed by atoms with Gasteiger partial charge in [0.15, 0.2) is 0 Å². The molecular weight excluding hydrogens is 224 g/mol. The van der Waals surface area contributed by atoms with Crippen LogP contribution in [-0.4, -0.2) is 30.6 Å². The van der Waals surface area contributed by atoms with Crippen LogP contribution in [0.25, 0.3) is 0 Å². The molecule has 0 bridgehead atoms. The summed E-state index contributed by atoms with van der Waals surface area (Å²) in [6, 6.07) is 0. The van der Waals surface area contributed by atoms with Gasteiger partial charge >= 0.3 is 0 Å². The van der Waals surface area contributed by atoms with Crippen LogP contribution in [0.1, 0.15) is 38.2 Å². The van der Waals surface area contributed by atoms with Gasteiger partial charge in [-0.2, -0.15) is 0 Å². The number of anilines is 2. The van der Waals surface area contributed by atoms with E-state index < -0.39 is 0 Å². The fourth-order valence-electron chi connectivity index (χ4n) is 2.58. The second-order valence-electron chi connectivity index (χ2n) is 5.20. The highest BCUT2D eigenvalue weighted by Crippen LogP contribution is 2.30. The lowest BCUT2D eigenvalue weighted by Crippen LogP contribution is -2.30. The normalized spacial score (nSPS) is 15.3.